The Morgan fingerprint density at radius 2 is 1.74 bits per heavy atom. The summed E-state index contributed by atoms with van der Waals surface area (Å²) in [6, 6.07) is 4.74. The Hall–Kier alpha value is -2.76. The number of hydrogen-bond acceptors (Lipinski definition) is 6. The fraction of sp³-hybridized carbons (Fsp3) is 0.450. The minimum atomic E-state index is -3.91. The third kappa shape index (κ3) is 7.46. The topological polar surface area (TPSA) is 128 Å². The molecular weight excluding hydrogens is 422 g/mol. The van der Waals surface area contributed by atoms with Crippen molar-refractivity contribution in [3.05, 3.63) is 36.9 Å². The normalized spacial score (nSPS) is 15.7. The van der Waals surface area contributed by atoms with Crippen LogP contribution in [0, 0.1) is 0 Å². The molecule has 3 N–H and O–H groups in total. The second kappa shape index (κ2) is 11.0. The van der Waals surface area contributed by atoms with E-state index in [-0.39, 0.29) is 29.2 Å². The third-order valence-electron chi connectivity index (χ3n) is 4.68. The van der Waals surface area contributed by atoms with Crippen LogP contribution in [-0.2, 0) is 24.4 Å². The van der Waals surface area contributed by atoms with Crippen molar-refractivity contribution in [2.45, 2.75) is 24.8 Å². The molecule has 1 heterocycles. The van der Waals surface area contributed by atoms with Crippen LogP contribution in [-0.4, -0.2) is 81.2 Å². The lowest BCUT2D eigenvalue weighted by Gasteiger charge is -2.35. The van der Waals surface area contributed by atoms with Crippen LogP contribution in [0.4, 0.5) is 5.69 Å². The highest BCUT2D eigenvalue weighted by molar-refractivity contribution is 7.89. The first-order chi connectivity index (χ1) is 14.6. The van der Waals surface area contributed by atoms with Gasteiger partial charge in [0.05, 0.1) is 17.5 Å². The molecule has 1 atom stereocenters. The van der Waals surface area contributed by atoms with Gasteiger partial charge in [0.25, 0.3) is 0 Å². The number of sulfonamides is 1. The Bertz CT molecular complexity index is 908. The highest BCUT2D eigenvalue weighted by Crippen LogP contribution is 2.15. The highest BCUT2D eigenvalue weighted by Gasteiger charge is 2.28. The molecule has 2 rings (SSSR count). The van der Waals surface area contributed by atoms with E-state index in [1.54, 1.807) is 11.0 Å². The largest absolute Gasteiger partial charge is 0.352 e. The summed E-state index contributed by atoms with van der Waals surface area (Å²) < 4.78 is 27.6. The monoisotopic (exact) mass is 451 g/mol. The molecule has 10 nitrogen and oxygen atoms in total. The number of carbonyl (C=O) groups is 3. The summed E-state index contributed by atoms with van der Waals surface area (Å²) in [7, 11) is -3.91. The standard InChI is InChI=1S/C20H29N5O5S/c1-4-9-21-19(27)14-24-10-12-25(13-11-24)20(28)15(2)23-31(29,30)18-7-5-17(6-8-18)22-16(3)26/h4-8,15,23H,1,9-14H2,2-3H3,(H,21,27)(H,22,26)/t15-/m0/s1. The molecule has 1 aliphatic rings. The third-order valence-corrected chi connectivity index (χ3v) is 6.24. The molecular formula is C20H29N5O5S. The minimum absolute atomic E-state index is 0.00314. The summed E-state index contributed by atoms with van der Waals surface area (Å²) >= 11 is 0. The van der Waals surface area contributed by atoms with Crippen molar-refractivity contribution in [3.63, 3.8) is 0 Å². The van der Waals surface area contributed by atoms with Crippen molar-refractivity contribution in [1.29, 1.82) is 0 Å². The van der Waals surface area contributed by atoms with Gasteiger partial charge in [-0.15, -0.1) is 6.58 Å². The molecule has 170 valence electrons. The van der Waals surface area contributed by atoms with Crippen LogP contribution >= 0.6 is 0 Å². The van der Waals surface area contributed by atoms with Gasteiger partial charge >= 0.3 is 0 Å². The first-order valence-corrected chi connectivity index (χ1v) is 11.4. The van der Waals surface area contributed by atoms with Crippen LogP contribution in [0.1, 0.15) is 13.8 Å². The number of carbonyl (C=O) groups excluding carboxylic acids is 3. The second-order valence-electron chi connectivity index (χ2n) is 7.24. The molecule has 11 heteroatoms. The van der Waals surface area contributed by atoms with Gasteiger partial charge in [0.15, 0.2) is 0 Å². The van der Waals surface area contributed by atoms with Crippen molar-refractivity contribution in [3.8, 4) is 0 Å². The number of amides is 3. The lowest BCUT2D eigenvalue weighted by molar-refractivity contribution is -0.134. The first-order valence-electron chi connectivity index (χ1n) is 9.91. The van der Waals surface area contributed by atoms with Gasteiger partial charge in [-0.3, -0.25) is 19.3 Å². The Labute approximate surface area is 182 Å². The summed E-state index contributed by atoms with van der Waals surface area (Å²) in [4.78, 5) is 39.1. The van der Waals surface area contributed by atoms with E-state index >= 15 is 0 Å². The fourth-order valence-electron chi connectivity index (χ4n) is 3.12. The maximum absolute atomic E-state index is 12.7. The van der Waals surface area contributed by atoms with Gasteiger partial charge in [0.2, 0.25) is 27.7 Å². The van der Waals surface area contributed by atoms with E-state index in [1.165, 1.54) is 38.1 Å². The molecule has 0 aliphatic carbocycles. The molecule has 1 saturated heterocycles. The molecule has 1 aromatic rings. The Morgan fingerprint density at radius 3 is 2.29 bits per heavy atom. The van der Waals surface area contributed by atoms with E-state index < -0.39 is 16.1 Å². The van der Waals surface area contributed by atoms with Gasteiger partial charge in [-0.1, -0.05) is 6.08 Å². The van der Waals surface area contributed by atoms with Crippen LogP contribution in [0.2, 0.25) is 0 Å². The smallest absolute Gasteiger partial charge is 0.241 e. The lowest BCUT2D eigenvalue weighted by Crippen LogP contribution is -2.55. The van der Waals surface area contributed by atoms with E-state index in [4.69, 9.17) is 0 Å². The van der Waals surface area contributed by atoms with Crippen molar-refractivity contribution < 1.29 is 22.8 Å². The van der Waals surface area contributed by atoms with Gasteiger partial charge in [0.1, 0.15) is 0 Å². The van der Waals surface area contributed by atoms with Crippen LogP contribution in [0.5, 0.6) is 0 Å². The number of hydrogen-bond donors (Lipinski definition) is 3. The zero-order chi connectivity index (χ0) is 23.0. The van der Waals surface area contributed by atoms with Crippen molar-refractivity contribution in [2.24, 2.45) is 0 Å². The molecule has 1 aliphatic heterocycles. The zero-order valence-electron chi connectivity index (χ0n) is 17.8. The predicted molar refractivity (Wildman–Crippen MR) is 117 cm³/mol. The van der Waals surface area contributed by atoms with Crippen LogP contribution in [0.15, 0.2) is 41.8 Å². The molecule has 3 amide bonds. The number of anilines is 1. The molecule has 1 fully saturated rings. The average Bonchev–Trinajstić information content (AvgIpc) is 2.72. The summed E-state index contributed by atoms with van der Waals surface area (Å²) in [6.45, 7) is 8.92. The van der Waals surface area contributed by atoms with E-state index in [0.717, 1.165) is 0 Å². The summed E-state index contributed by atoms with van der Waals surface area (Å²) in [5.41, 5.74) is 0.478. The van der Waals surface area contributed by atoms with E-state index in [2.05, 4.69) is 21.9 Å². The molecule has 31 heavy (non-hydrogen) atoms. The number of piperazine rings is 1. The van der Waals surface area contributed by atoms with E-state index in [1.807, 2.05) is 4.90 Å². The second-order valence-corrected chi connectivity index (χ2v) is 8.96. The fourth-order valence-corrected chi connectivity index (χ4v) is 4.31. The van der Waals surface area contributed by atoms with Crippen LogP contribution in [0.25, 0.3) is 0 Å². The van der Waals surface area contributed by atoms with Crippen molar-refractivity contribution >= 4 is 33.4 Å². The minimum Gasteiger partial charge on any atom is -0.352 e. The molecule has 0 saturated carbocycles. The number of nitrogens with one attached hydrogen (secondary N) is 3. The molecule has 0 aromatic heterocycles. The molecule has 1 aromatic carbocycles. The predicted octanol–water partition coefficient (Wildman–Crippen LogP) is -0.242. The Balaban J connectivity index is 1.88. The van der Waals surface area contributed by atoms with Gasteiger partial charge in [-0.05, 0) is 31.2 Å². The number of benzene rings is 1. The quantitative estimate of drug-likeness (QED) is 0.445. The first kappa shape index (κ1) is 24.5. The summed E-state index contributed by atoms with van der Waals surface area (Å²) in [5.74, 6) is -0.690. The van der Waals surface area contributed by atoms with Crippen LogP contribution in [0.3, 0.4) is 0 Å². The maximum atomic E-state index is 12.7. The van der Waals surface area contributed by atoms with Gasteiger partial charge in [0, 0.05) is 45.3 Å². The Kier molecular flexibility index (Phi) is 8.72. The molecule has 0 unspecified atom stereocenters. The lowest BCUT2D eigenvalue weighted by atomic mass is 10.2. The average molecular weight is 452 g/mol. The van der Waals surface area contributed by atoms with Crippen LogP contribution < -0.4 is 15.4 Å². The maximum Gasteiger partial charge on any atom is 0.241 e. The van der Waals surface area contributed by atoms with Gasteiger partial charge in [-0.2, -0.15) is 4.72 Å². The van der Waals surface area contributed by atoms with Crippen molar-refractivity contribution in [2.75, 3.05) is 44.6 Å². The number of nitrogens with zero attached hydrogens (tertiary/aromatic N) is 2. The van der Waals surface area contributed by atoms with E-state index in [9.17, 15) is 22.8 Å². The zero-order valence-corrected chi connectivity index (χ0v) is 18.6. The number of rotatable bonds is 9. The van der Waals surface area contributed by atoms with E-state index in [0.29, 0.717) is 38.4 Å². The van der Waals surface area contributed by atoms with Crippen molar-refractivity contribution in [1.82, 2.24) is 19.8 Å². The molecule has 0 spiro atoms. The Morgan fingerprint density at radius 1 is 1.13 bits per heavy atom. The highest BCUT2D eigenvalue weighted by atomic mass is 32.2. The van der Waals surface area contributed by atoms with Gasteiger partial charge in [-0.25, -0.2) is 8.42 Å². The van der Waals surface area contributed by atoms with Gasteiger partial charge < -0.3 is 15.5 Å². The molecule has 0 bridgehead atoms. The summed E-state index contributed by atoms with van der Waals surface area (Å²) in [6.07, 6.45) is 1.61. The molecule has 0 radical (unpaired) electrons. The summed E-state index contributed by atoms with van der Waals surface area (Å²) in [5, 5.41) is 5.27. The SMILES string of the molecule is C=CCNC(=O)CN1CCN(C(=O)[C@H](C)NS(=O)(=O)c2ccc(NC(C)=O)cc2)CC1.